The van der Waals surface area contributed by atoms with Crippen molar-refractivity contribution in [3.05, 3.63) is 75.2 Å². The van der Waals surface area contributed by atoms with E-state index in [4.69, 9.17) is 0 Å². The number of halogens is 1. The molecule has 1 aromatic carbocycles. The Hall–Kier alpha value is -2.80. The molecule has 122 valence electrons. The lowest BCUT2D eigenvalue weighted by molar-refractivity contribution is -0.121. The van der Waals surface area contributed by atoms with Gasteiger partial charge in [0.2, 0.25) is 5.91 Å². The maximum atomic E-state index is 12.9. The van der Waals surface area contributed by atoms with Crippen LogP contribution in [0.1, 0.15) is 4.88 Å². The third-order valence-corrected chi connectivity index (χ3v) is 4.25. The zero-order chi connectivity index (χ0) is 16.9. The van der Waals surface area contributed by atoms with Gasteiger partial charge in [0.05, 0.1) is 18.6 Å². The van der Waals surface area contributed by atoms with E-state index < -0.39 is 0 Å². The predicted molar refractivity (Wildman–Crippen MR) is 90.1 cm³/mol. The SMILES string of the molecule is O=C(Cn1cnc(-c2ccc(F)cc2)cc1=O)NCc1cccs1. The summed E-state index contributed by atoms with van der Waals surface area (Å²) in [6.45, 7) is 0.341. The van der Waals surface area contributed by atoms with Gasteiger partial charge in [-0.25, -0.2) is 9.37 Å². The van der Waals surface area contributed by atoms with E-state index in [-0.39, 0.29) is 23.8 Å². The molecular formula is C17H14FN3O2S. The molecule has 1 N–H and O–H groups in total. The Morgan fingerprint density at radius 1 is 1.25 bits per heavy atom. The highest BCUT2D eigenvalue weighted by molar-refractivity contribution is 7.09. The molecular weight excluding hydrogens is 329 g/mol. The quantitative estimate of drug-likeness (QED) is 0.774. The van der Waals surface area contributed by atoms with E-state index in [1.165, 1.54) is 29.1 Å². The highest BCUT2D eigenvalue weighted by Gasteiger charge is 2.07. The highest BCUT2D eigenvalue weighted by atomic mass is 32.1. The number of thiophene rings is 1. The fraction of sp³-hybridized carbons (Fsp3) is 0.118. The number of rotatable bonds is 5. The van der Waals surface area contributed by atoms with Crippen LogP contribution in [-0.2, 0) is 17.9 Å². The van der Waals surface area contributed by atoms with Crippen LogP contribution < -0.4 is 10.9 Å². The molecule has 0 aliphatic carbocycles. The molecule has 0 aliphatic heterocycles. The summed E-state index contributed by atoms with van der Waals surface area (Å²) in [7, 11) is 0. The molecule has 1 amide bonds. The standard InChI is InChI=1S/C17H14FN3O2S/c18-13-5-3-12(4-6-13)15-8-17(23)21(11-20-15)10-16(22)19-9-14-2-1-7-24-14/h1-8,11H,9-10H2,(H,19,22). The minimum atomic E-state index is -0.352. The van der Waals surface area contributed by atoms with Crippen LogP contribution in [0, 0.1) is 5.82 Å². The fourth-order valence-corrected chi connectivity index (χ4v) is 2.78. The van der Waals surface area contributed by atoms with Gasteiger partial charge in [0.15, 0.2) is 0 Å². The largest absolute Gasteiger partial charge is 0.350 e. The van der Waals surface area contributed by atoms with Gasteiger partial charge in [0.1, 0.15) is 12.4 Å². The second kappa shape index (κ2) is 7.18. The Kier molecular flexibility index (Phi) is 4.81. The molecule has 0 atom stereocenters. The number of nitrogens with zero attached hydrogens (tertiary/aromatic N) is 2. The Bertz CT molecular complexity index is 889. The van der Waals surface area contributed by atoms with Gasteiger partial charge in [-0.05, 0) is 35.7 Å². The van der Waals surface area contributed by atoms with E-state index in [1.54, 1.807) is 23.5 Å². The first kappa shape index (κ1) is 16.1. The number of carbonyl (C=O) groups is 1. The van der Waals surface area contributed by atoms with E-state index in [0.29, 0.717) is 17.8 Å². The molecule has 0 aliphatic rings. The molecule has 5 nitrogen and oxygen atoms in total. The normalized spacial score (nSPS) is 10.5. The predicted octanol–water partition coefficient (Wildman–Crippen LogP) is 2.43. The van der Waals surface area contributed by atoms with Crippen molar-refractivity contribution in [2.24, 2.45) is 0 Å². The number of benzene rings is 1. The third kappa shape index (κ3) is 3.94. The van der Waals surface area contributed by atoms with Crippen molar-refractivity contribution in [2.45, 2.75) is 13.1 Å². The molecule has 0 spiro atoms. The molecule has 0 radical (unpaired) electrons. The number of hydrogen-bond acceptors (Lipinski definition) is 4. The summed E-state index contributed by atoms with van der Waals surface area (Å²) in [5, 5.41) is 4.69. The molecule has 0 fully saturated rings. The Morgan fingerprint density at radius 2 is 2.04 bits per heavy atom. The summed E-state index contributed by atoms with van der Waals surface area (Å²) in [4.78, 5) is 29.2. The van der Waals surface area contributed by atoms with Crippen LogP contribution in [0.5, 0.6) is 0 Å². The van der Waals surface area contributed by atoms with Crippen LogP contribution >= 0.6 is 11.3 Å². The van der Waals surface area contributed by atoms with Crippen molar-refractivity contribution in [1.29, 1.82) is 0 Å². The minimum absolute atomic E-state index is 0.0963. The van der Waals surface area contributed by atoms with Crippen molar-refractivity contribution in [2.75, 3.05) is 0 Å². The average molecular weight is 343 g/mol. The van der Waals surface area contributed by atoms with Crippen LogP contribution in [0.2, 0.25) is 0 Å². The van der Waals surface area contributed by atoms with Gasteiger partial charge < -0.3 is 5.32 Å². The lowest BCUT2D eigenvalue weighted by Crippen LogP contribution is -2.31. The molecule has 2 heterocycles. The van der Waals surface area contributed by atoms with Crippen LogP contribution in [0.15, 0.2) is 59.0 Å². The second-order valence-electron chi connectivity index (χ2n) is 5.10. The van der Waals surface area contributed by atoms with Crippen LogP contribution in [-0.4, -0.2) is 15.5 Å². The smallest absolute Gasteiger partial charge is 0.254 e. The van der Waals surface area contributed by atoms with Gasteiger partial charge >= 0.3 is 0 Å². The summed E-state index contributed by atoms with van der Waals surface area (Å²) in [5.41, 5.74) is 0.744. The molecule has 0 saturated heterocycles. The van der Waals surface area contributed by atoms with E-state index in [0.717, 1.165) is 4.88 Å². The number of hydrogen-bond donors (Lipinski definition) is 1. The molecule has 0 saturated carbocycles. The van der Waals surface area contributed by atoms with E-state index in [9.17, 15) is 14.0 Å². The van der Waals surface area contributed by atoms with Gasteiger partial charge in [0, 0.05) is 16.5 Å². The molecule has 2 aromatic heterocycles. The summed E-state index contributed by atoms with van der Waals surface area (Å²) in [6.07, 6.45) is 1.33. The summed E-state index contributed by atoms with van der Waals surface area (Å²) >= 11 is 1.55. The van der Waals surface area contributed by atoms with Crippen LogP contribution in [0.3, 0.4) is 0 Å². The van der Waals surface area contributed by atoms with E-state index in [1.807, 2.05) is 17.5 Å². The topological polar surface area (TPSA) is 64.0 Å². The number of nitrogens with one attached hydrogen (secondary N) is 1. The molecule has 3 rings (SSSR count). The van der Waals surface area contributed by atoms with Gasteiger partial charge in [-0.3, -0.25) is 14.2 Å². The first-order valence-electron chi connectivity index (χ1n) is 7.23. The average Bonchev–Trinajstić information content (AvgIpc) is 3.09. The second-order valence-corrected chi connectivity index (χ2v) is 6.14. The minimum Gasteiger partial charge on any atom is -0.350 e. The fourth-order valence-electron chi connectivity index (χ4n) is 2.13. The molecule has 0 unspecified atom stereocenters. The summed E-state index contributed by atoms with van der Waals surface area (Å²) in [5.74, 6) is -0.615. The zero-order valence-corrected chi connectivity index (χ0v) is 13.4. The monoisotopic (exact) mass is 343 g/mol. The maximum Gasteiger partial charge on any atom is 0.254 e. The number of aromatic nitrogens is 2. The van der Waals surface area contributed by atoms with Crippen molar-refractivity contribution in [1.82, 2.24) is 14.9 Å². The Labute approximate surface area is 141 Å². The molecule has 24 heavy (non-hydrogen) atoms. The van der Waals surface area contributed by atoms with Gasteiger partial charge in [-0.2, -0.15) is 0 Å². The van der Waals surface area contributed by atoms with Gasteiger partial charge in [-0.15, -0.1) is 11.3 Å². The molecule has 7 heteroatoms. The first-order valence-corrected chi connectivity index (χ1v) is 8.11. The highest BCUT2D eigenvalue weighted by Crippen LogP contribution is 2.15. The van der Waals surface area contributed by atoms with Crippen molar-refractivity contribution in [3.63, 3.8) is 0 Å². The van der Waals surface area contributed by atoms with Crippen molar-refractivity contribution < 1.29 is 9.18 Å². The lowest BCUT2D eigenvalue weighted by atomic mass is 10.1. The van der Waals surface area contributed by atoms with E-state index in [2.05, 4.69) is 10.3 Å². The molecule has 3 aromatic rings. The Balaban J connectivity index is 1.67. The lowest BCUT2D eigenvalue weighted by Gasteiger charge is -2.07. The van der Waals surface area contributed by atoms with Crippen LogP contribution in [0.4, 0.5) is 4.39 Å². The number of amides is 1. The Morgan fingerprint density at radius 3 is 2.71 bits per heavy atom. The number of carbonyl (C=O) groups excluding carboxylic acids is 1. The van der Waals surface area contributed by atoms with E-state index >= 15 is 0 Å². The maximum absolute atomic E-state index is 12.9. The first-order chi connectivity index (χ1) is 11.6. The summed E-state index contributed by atoms with van der Waals surface area (Å²) < 4.78 is 14.2. The molecule has 0 bridgehead atoms. The third-order valence-electron chi connectivity index (χ3n) is 3.37. The van der Waals surface area contributed by atoms with Gasteiger partial charge in [0.25, 0.3) is 5.56 Å². The summed E-state index contributed by atoms with van der Waals surface area (Å²) in [6, 6.07) is 10.9. The van der Waals surface area contributed by atoms with Gasteiger partial charge in [-0.1, -0.05) is 6.07 Å². The zero-order valence-electron chi connectivity index (χ0n) is 12.6. The van der Waals surface area contributed by atoms with Crippen molar-refractivity contribution >= 4 is 17.2 Å². The van der Waals surface area contributed by atoms with Crippen molar-refractivity contribution in [3.8, 4) is 11.3 Å². The van der Waals surface area contributed by atoms with Crippen LogP contribution in [0.25, 0.3) is 11.3 Å².